The number of hydrogen-bond acceptors (Lipinski definition) is 8. The van der Waals surface area contributed by atoms with E-state index in [1.807, 2.05) is 67.5 Å². The number of hydrogen-bond donors (Lipinski definition) is 6. The summed E-state index contributed by atoms with van der Waals surface area (Å²) < 4.78 is 9.75. The molecular weight excluding hydrogens is 568 g/mol. The number of rotatable bonds is 13. The number of aliphatic hydroxyl groups excluding tert-OH is 2. The van der Waals surface area contributed by atoms with Gasteiger partial charge < -0.3 is 40.1 Å². The molecule has 250 valence electrons. The van der Waals surface area contributed by atoms with Crippen LogP contribution in [0.4, 0.5) is 0 Å². The Kier molecular flexibility index (Phi) is 18.5. The molecule has 0 radical (unpaired) electrons. The summed E-state index contributed by atoms with van der Waals surface area (Å²) in [5.74, 6) is -1.02. The topological polar surface area (TPSA) is 174 Å². The van der Waals surface area contributed by atoms with Gasteiger partial charge in [0.2, 0.25) is 0 Å². The van der Waals surface area contributed by atoms with Crippen molar-refractivity contribution in [3.63, 3.8) is 0 Å². The SMILES string of the molecule is Cc1cc(O)c(C(C)(C)C)cc1CCC(=O)O.Cc1cc(O)c(C(C)(C)C)cc1CCC(=O)O.OCCOCCOCCO. The molecule has 0 amide bonds. The smallest absolute Gasteiger partial charge is 0.303 e. The molecule has 10 nitrogen and oxygen atoms in total. The Labute approximate surface area is 262 Å². The lowest BCUT2D eigenvalue weighted by atomic mass is 9.84. The third-order valence-electron chi connectivity index (χ3n) is 6.58. The average molecular weight is 623 g/mol. The second-order valence-electron chi connectivity index (χ2n) is 12.6. The van der Waals surface area contributed by atoms with Crippen molar-refractivity contribution < 1.29 is 49.7 Å². The molecular formula is C34H54O10. The molecule has 2 rings (SSSR count). The lowest BCUT2D eigenvalue weighted by Crippen LogP contribution is -2.12. The Morgan fingerprint density at radius 1 is 0.614 bits per heavy atom. The van der Waals surface area contributed by atoms with Crippen LogP contribution in [-0.2, 0) is 42.7 Å². The first-order valence-corrected chi connectivity index (χ1v) is 14.8. The fraction of sp³-hybridized carbons (Fsp3) is 0.588. The molecule has 0 atom stereocenters. The van der Waals surface area contributed by atoms with Gasteiger partial charge >= 0.3 is 11.9 Å². The van der Waals surface area contributed by atoms with Crippen LogP contribution in [0.1, 0.15) is 87.8 Å². The van der Waals surface area contributed by atoms with E-state index >= 15 is 0 Å². The highest BCUT2D eigenvalue weighted by Crippen LogP contribution is 2.34. The fourth-order valence-corrected chi connectivity index (χ4v) is 4.15. The molecule has 0 spiro atoms. The van der Waals surface area contributed by atoms with Gasteiger partial charge in [0, 0.05) is 12.8 Å². The molecule has 0 fully saturated rings. The van der Waals surface area contributed by atoms with Crippen molar-refractivity contribution in [2.24, 2.45) is 0 Å². The maximum absolute atomic E-state index is 10.6. The summed E-state index contributed by atoms with van der Waals surface area (Å²) in [6, 6.07) is 7.29. The van der Waals surface area contributed by atoms with Crippen LogP contribution in [0.2, 0.25) is 0 Å². The van der Waals surface area contributed by atoms with Gasteiger partial charge in [-0.25, -0.2) is 0 Å². The molecule has 0 aromatic heterocycles. The minimum Gasteiger partial charge on any atom is -0.508 e. The summed E-state index contributed by atoms with van der Waals surface area (Å²) in [7, 11) is 0. The van der Waals surface area contributed by atoms with Crippen molar-refractivity contribution in [2.75, 3.05) is 39.6 Å². The largest absolute Gasteiger partial charge is 0.508 e. The molecule has 2 aromatic carbocycles. The van der Waals surface area contributed by atoms with Crippen LogP contribution in [0.5, 0.6) is 11.5 Å². The quantitative estimate of drug-likeness (QED) is 0.166. The maximum atomic E-state index is 10.6. The minimum absolute atomic E-state index is 0.0417. The molecule has 0 unspecified atom stereocenters. The first-order valence-electron chi connectivity index (χ1n) is 14.8. The standard InChI is InChI=1S/2C14H20O3.C6H14O4/c2*1-9-7-12(15)11(14(2,3)4)8-10(9)5-6-13(16)17;7-1-3-9-5-6-10-4-2-8/h2*7-8,15H,5-6H2,1-4H3,(H,16,17);7-8H,1-6H2. The van der Waals surface area contributed by atoms with Crippen molar-refractivity contribution in [3.8, 4) is 11.5 Å². The zero-order chi connectivity index (χ0) is 34.1. The summed E-state index contributed by atoms with van der Waals surface area (Å²) in [6.07, 6.45) is 1.25. The molecule has 0 aliphatic heterocycles. The van der Waals surface area contributed by atoms with Gasteiger partial charge in [-0.15, -0.1) is 0 Å². The lowest BCUT2D eigenvalue weighted by molar-refractivity contribution is -0.138. The number of carbonyl (C=O) groups is 2. The van der Waals surface area contributed by atoms with Gasteiger partial charge in [0.15, 0.2) is 0 Å². The van der Waals surface area contributed by atoms with Gasteiger partial charge in [-0.05, 0) is 83.0 Å². The number of aromatic hydroxyl groups is 2. The molecule has 6 N–H and O–H groups in total. The number of carboxylic acids is 2. The Morgan fingerprint density at radius 3 is 1.18 bits per heavy atom. The highest BCUT2D eigenvalue weighted by molar-refractivity contribution is 5.67. The van der Waals surface area contributed by atoms with E-state index in [1.54, 1.807) is 12.1 Å². The summed E-state index contributed by atoms with van der Waals surface area (Å²) >= 11 is 0. The number of benzene rings is 2. The molecule has 44 heavy (non-hydrogen) atoms. The Hall–Kier alpha value is -3.18. The molecule has 0 aliphatic rings. The average Bonchev–Trinajstić information content (AvgIpc) is 2.89. The van der Waals surface area contributed by atoms with Gasteiger partial charge in [0.1, 0.15) is 11.5 Å². The molecule has 0 aliphatic carbocycles. The van der Waals surface area contributed by atoms with Gasteiger partial charge in [-0.2, -0.15) is 0 Å². The van der Waals surface area contributed by atoms with E-state index in [0.29, 0.717) is 39.3 Å². The van der Waals surface area contributed by atoms with Crippen LogP contribution >= 0.6 is 0 Å². The van der Waals surface area contributed by atoms with E-state index in [1.165, 1.54) is 0 Å². The summed E-state index contributed by atoms with van der Waals surface area (Å²) in [5.41, 5.74) is 5.32. The number of aryl methyl sites for hydroxylation is 4. The Balaban J connectivity index is 0.000000655. The third-order valence-corrected chi connectivity index (χ3v) is 6.58. The Morgan fingerprint density at radius 2 is 0.932 bits per heavy atom. The minimum atomic E-state index is -0.796. The molecule has 0 heterocycles. The van der Waals surface area contributed by atoms with E-state index < -0.39 is 11.9 Å². The van der Waals surface area contributed by atoms with Crippen LogP contribution in [0.25, 0.3) is 0 Å². The van der Waals surface area contributed by atoms with Crippen LogP contribution in [0.3, 0.4) is 0 Å². The van der Waals surface area contributed by atoms with Crippen LogP contribution in [0, 0.1) is 13.8 Å². The van der Waals surface area contributed by atoms with Crippen molar-refractivity contribution in [1.29, 1.82) is 0 Å². The van der Waals surface area contributed by atoms with Gasteiger partial charge in [0.25, 0.3) is 0 Å². The molecule has 0 saturated carbocycles. The predicted octanol–water partition coefficient (Wildman–Crippen LogP) is 5.03. The number of phenols is 2. The van der Waals surface area contributed by atoms with Crippen LogP contribution < -0.4 is 0 Å². The van der Waals surface area contributed by atoms with Gasteiger partial charge in [0.05, 0.1) is 39.6 Å². The van der Waals surface area contributed by atoms with E-state index in [4.69, 9.17) is 29.9 Å². The zero-order valence-corrected chi connectivity index (χ0v) is 27.7. The summed E-state index contributed by atoms with van der Waals surface area (Å²) in [4.78, 5) is 21.2. The third kappa shape index (κ3) is 16.6. The maximum Gasteiger partial charge on any atom is 0.303 e. The fourth-order valence-electron chi connectivity index (χ4n) is 4.15. The van der Waals surface area contributed by atoms with Crippen LogP contribution in [-0.4, -0.2) is 82.2 Å². The lowest BCUT2D eigenvalue weighted by Gasteiger charge is -2.22. The molecule has 10 heteroatoms. The summed E-state index contributed by atoms with van der Waals surface area (Å²) in [5, 5.41) is 53.8. The number of aliphatic hydroxyl groups is 2. The number of ether oxygens (including phenoxy) is 2. The number of carboxylic acid groups (broad SMARTS) is 2. The van der Waals surface area contributed by atoms with E-state index in [0.717, 1.165) is 33.4 Å². The monoisotopic (exact) mass is 622 g/mol. The second kappa shape index (κ2) is 20.0. The van der Waals surface area contributed by atoms with E-state index in [2.05, 4.69) is 0 Å². The molecule has 0 bridgehead atoms. The molecule has 2 aromatic rings. The van der Waals surface area contributed by atoms with E-state index in [9.17, 15) is 19.8 Å². The van der Waals surface area contributed by atoms with E-state index in [-0.39, 0.29) is 48.4 Å². The van der Waals surface area contributed by atoms with Crippen LogP contribution in [0.15, 0.2) is 24.3 Å². The van der Waals surface area contributed by atoms with Crippen molar-refractivity contribution in [1.82, 2.24) is 0 Å². The van der Waals surface area contributed by atoms with Crippen molar-refractivity contribution >= 4 is 11.9 Å². The highest BCUT2D eigenvalue weighted by atomic mass is 16.5. The number of aliphatic carboxylic acids is 2. The highest BCUT2D eigenvalue weighted by Gasteiger charge is 2.20. The normalized spacial score (nSPS) is 11.2. The predicted molar refractivity (Wildman–Crippen MR) is 171 cm³/mol. The zero-order valence-electron chi connectivity index (χ0n) is 27.7. The number of phenolic OH excluding ortho intramolecular Hbond substituents is 2. The van der Waals surface area contributed by atoms with Crippen molar-refractivity contribution in [2.45, 2.75) is 91.9 Å². The summed E-state index contributed by atoms with van der Waals surface area (Å²) in [6.45, 7) is 17.7. The Bertz CT molecular complexity index is 1070. The molecule has 0 saturated heterocycles. The first kappa shape index (κ1) is 40.8. The van der Waals surface area contributed by atoms with Gasteiger partial charge in [-0.3, -0.25) is 9.59 Å². The van der Waals surface area contributed by atoms with Crippen molar-refractivity contribution in [3.05, 3.63) is 57.6 Å². The second-order valence-corrected chi connectivity index (χ2v) is 12.6. The first-order chi connectivity index (χ1) is 20.3. The van der Waals surface area contributed by atoms with Gasteiger partial charge in [-0.1, -0.05) is 53.7 Å².